The predicted molar refractivity (Wildman–Crippen MR) is 178 cm³/mol. The molecule has 11 heteroatoms. The van der Waals surface area contributed by atoms with E-state index in [1.807, 2.05) is 0 Å². The standard InChI is InChI=1S/C32H49N5O4S2/c1-5-6-7-8-9-10-11-12-13-14-15-16-17-18-21-42-28-29(32(2,3)4)34-36-31(28)33-30(35-36)24-19-20-26(43-23-27(38)39)25(22-24)37(40)41/h19-20,22H,5-18,21,23H2,1-4H3,(H,33,35)(H,38,39). The Bertz CT molecular complexity index is 1320. The van der Waals surface area contributed by atoms with Crippen LogP contribution in [-0.4, -0.2) is 47.3 Å². The molecule has 0 spiro atoms. The quantitative estimate of drug-likeness (QED) is 0.0515. The highest BCUT2D eigenvalue weighted by molar-refractivity contribution is 8.00. The van der Waals surface area contributed by atoms with Crippen molar-refractivity contribution in [3.05, 3.63) is 34.0 Å². The number of hydrogen-bond acceptors (Lipinski definition) is 7. The summed E-state index contributed by atoms with van der Waals surface area (Å²) in [6.07, 6.45) is 18.8. The van der Waals surface area contributed by atoms with E-state index in [0.29, 0.717) is 16.3 Å². The minimum atomic E-state index is -1.02. The van der Waals surface area contributed by atoms with Crippen LogP contribution in [0.2, 0.25) is 0 Å². The van der Waals surface area contributed by atoms with Gasteiger partial charge < -0.3 is 10.1 Å². The second kappa shape index (κ2) is 17.7. The Morgan fingerprint density at radius 1 is 0.930 bits per heavy atom. The van der Waals surface area contributed by atoms with Crippen LogP contribution in [-0.2, 0) is 10.2 Å². The van der Waals surface area contributed by atoms with Gasteiger partial charge in [-0.3, -0.25) is 14.9 Å². The highest BCUT2D eigenvalue weighted by atomic mass is 32.2. The lowest BCUT2D eigenvalue weighted by Crippen LogP contribution is -2.13. The zero-order valence-corrected chi connectivity index (χ0v) is 28.0. The number of benzene rings is 1. The molecule has 0 saturated carbocycles. The molecule has 3 aromatic rings. The number of aliphatic carboxylic acids is 1. The van der Waals surface area contributed by atoms with Crippen LogP contribution in [0.4, 0.5) is 5.69 Å². The van der Waals surface area contributed by atoms with Gasteiger partial charge >= 0.3 is 5.97 Å². The van der Waals surface area contributed by atoms with Crippen LogP contribution in [0.3, 0.4) is 0 Å². The summed E-state index contributed by atoms with van der Waals surface area (Å²) >= 11 is 2.73. The first-order valence-electron chi connectivity index (χ1n) is 15.9. The van der Waals surface area contributed by atoms with Gasteiger partial charge in [0.1, 0.15) is 0 Å². The summed E-state index contributed by atoms with van der Waals surface area (Å²) in [4.78, 5) is 26.9. The summed E-state index contributed by atoms with van der Waals surface area (Å²) in [5.74, 6) is 0.214. The maximum Gasteiger partial charge on any atom is 0.313 e. The predicted octanol–water partition coefficient (Wildman–Crippen LogP) is 9.68. The minimum Gasteiger partial charge on any atom is -0.481 e. The van der Waals surface area contributed by atoms with Gasteiger partial charge in [-0.05, 0) is 24.3 Å². The highest BCUT2D eigenvalue weighted by Crippen LogP contribution is 2.37. The van der Waals surface area contributed by atoms with E-state index in [9.17, 15) is 14.9 Å². The number of carbonyl (C=O) groups is 1. The number of nitro benzene ring substituents is 1. The van der Waals surface area contributed by atoms with Crippen molar-refractivity contribution in [3.8, 4) is 11.4 Å². The van der Waals surface area contributed by atoms with E-state index in [4.69, 9.17) is 10.2 Å². The first kappa shape index (κ1) is 35.0. The van der Waals surface area contributed by atoms with Gasteiger partial charge in [-0.15, -0.1) is 33.3 Å². The third kappa shape index (κ3) is 11.2. The maximum atomic E-state index is 11.7. The van der Waals surface area contributed by atoms with Crippen molar-refractivity contribution in [3.63, 3.8) is 0 Å². The first-order valence-corrected chi connectivity index (χ1v) is 17.8. The Morgan fingerprint density at radius 2 is 1.51 bits per heavy atom. The number of nitrogens with one attached hydrogen (secondary N) is 1. The number of H-pyrrole nitrogens is 1. The van der Waals surface area contributed by atoms with Gasteiger partial charge in [-0.1, -0.05) is 111 Å². The zero-order chi connectivity index (χ0) is 31.2. The molecule has 2 heterocycles. The Labute approximate surface area is 264 Å². The normalized spacial score (nSPS) is 11.9. The molecule has 1 aromatic carbocycles. The Morgan fingerprint density at radius 3 is 2.05 bits per heavy atom. The van der Waals surface area contributed by atoms with E-state index in [2.05, 4.69) is 37.8 Å². The van der Waals surface area contributed by atoms with Gasteiger partial charge in [0.2, 0.25) is 0 Å². The fraction of sp³-hybridized carbons (Fsp3) is 0.656. The van der Waals surface area contributed by atoms with Gasteiger partial charge in [0.25, 0.3) is 5.69 Å². The maximum absolute atomic E-state index is 11.7. The van der Waals surface area contributed by atoms with Crippen LogP contribution in [0, 0.1) is 10.1 Å². The first-order chi connectivity index (χ1) is 20.6. The number of rotatable bonds is 21. The Kier molecular flexibility index (Phi) is 14.4. The SMILES string of the molecule is CCCCCCCCCCCCCCCCSc1c(C(C)(C)C)nn2nc(-c3ccc(SCC(=O)O)c([N+](=O)[O-])c3)[nH]c12. The molecule has 0 aliphatic rings. The average Bonchev–Trinajstić information content (AvgIpc) is 3.53. The summed E-state index contributed by atoms with van der Waals surface area (Å²) in [6, 6.07) is 4.74. The van der Waals surface area contributed by atoms with E-state index < -0.39 is 10.9 Å². The zero-order valence-electron chi connectivity index (χ0n) is 26.3. The molecule has 0 saturated heterocycles. The summed E-state index contributed by atoms with van der Waals surface area (Å²) < 4.78 is 1.60. The molecule has 2 N–H and O–H groups in total. The topological polar surface area (TPSA) is 126 Å². The molecule has 0 aliphatic carbocycles. The molecular weight excluding hydrogens is 583 g/mol. The molecule has 0 atom stereocenters. The number of hydrogen-bond donors (Lipinski definition) is 2. The molecular formula is C32H49N5O4S2. The third-order valence-corrected chi connectivity index (χ3v) is 9.71. The van der Waals surface area contributed by atoms with E-state index in [0.717, 1.165) is 40.2 Å². The molecule has 9 nitrogen and oxygen atoms in total. The molecule has 0 bridgehead atoms. The Balaban J connectivity index is 1.53. The number of carboxylic acids is 1. The fourth-order valence-corrected chi connectivity index (χ4v) is 7.13. The van der Waals surface area contributed by atoms with Crippen LogP contribution in [0.1, 0.15) is 123 Å². The second-order valence-corrected chi connectivity index (χ2v) is 14.4. The van der Waals surface area contributed by atoms with E-state index in [1.54, 1.807) is 28.5 Å². The second-order valence-electron chi connectivity index (χ2n) is 12.3. The lowest BCUT2D eigenvalue weighted by Gasteiger charge is -2.17. The van der Waals surface area contributed by atoms with Crippen LogP contribution < -0.4 is 0 Å². The van der Waals surface area contributed by atoms with Crippen LogP contribution in [0.25, 0.3) is 17.0 Å². The van der Waals surface area contributed by atoms with Gasteiger partial charge in [0.05, 0.1) is 26.2 Å². The summed E-state index contributed by atoms with van der Waals surface area (Å²) in [6.45, 7) is 8.70. The van der Waals surface area contributed by atoms with E-state index >= 15 is 0 Å². The fourth-order valence-electron chi connectivity index (χ4n) is 5.10. The number of thioether (sulfide) groups is 2. The average molecular weight is 632 g/mol. The van der Waals surface area contributed by atoms with Crippen molar-refractivity contribution in [2.45, 2.75) is 133 Å². The highest BCUT2D eigenvalue weighted by Gasteiger charge is 2.27. The Hall–Kier alpha value is -2.53. The van der Waals surface area contributed by atoms with E-state index in [1.165, 1.54) is 89.5 Å². The van der Waals surface area contributed by atoms with E-state index in [-0.39, 0.29) is 16.9 Å². The van der Waals surface area contributed by atoms with Crippen molar-refractivity contribution in [2.24, 2.45) is 0 Å². The summed E-state index contributed by atoms with van der Waals surface area (Å²) in [5, 5.41) is 30.1. The van der Waals surface area contributed by atoms with Crippen molar-refractivity contribution < 1.29 is 14.8 Å². The molecule has 0 aliphatic heterocycles. The van der Waals surface area contributed by atoms with Crippen LogP contribution >= 0.6 is 23.5 Å². The van der Waals surface area contributed by atoms with Gasteiger partial charge in [0.15, 0.2) is 11.5 Å². The number of fused-ring (bicyclic) bond motifs is 1. The molecule has 0 amide bonds. The van der Waals surface area contributed by atoms with Crippen molar-refractivity contribution in [1.82, 2.24) is 19.8 Å². The number of aromatic nitrogens is 4. The van der Waals surface area contributed by atoms with Crippen molar-refractivity contribution in [1.29, 1.82) is 0 Å². The van der Waals surface area contributed by atoms with Crippen molar-refractivity contribution in [2.75, 3.05) is 11.5 Å². The number of nitrogens with zero attached hydrogens (tertiary/aromatic N) is 4. The number of unbranched alkanes of at least 4 members (excludes halogenated alkanes) is 13. The molecule has 0 unspecified atom stereocenters. The molecule has 0 radical (unpaired) electrons. The van der Waals surface area contributed by atoms with Crippen molar-refractivity contribution >= 4 is 40.8 Å². The number of carboxylic acid groups (broad SMARTS) is 1. The minimum absolute atomic E-state index is 0.138. The molecule has 2 aromatic heterocycles. The van der Waals surface area contributed by atoms with Crippen LogP contribution in [0.15, 0.2) is 28.0 Å². The largest absolute Gasteiger partial charge is 0.481 e. The number of nitro groups is 1. The molecule has 0 fully saturated rings. The van der Waals surface area contributed by atoms with Gasteiger partial charge in [-0.2, -0.15) is 5.10 Å². The summed E-state index contributed by atoms with van der Waals surface area (Å²) in [5.41, 5.74) is 2.04. The smallest absolute Gasteiger partial charge is 0.313 e. The molecule has 238 valence electrons. The molecule has 3 rings (SSSR count). The lowest BCUT2D eigenvalue weighted by atomic mass is 9.92. The molecule has 43 heavy (non-hydrogen) atoms. The summed E-state index contributed by atoms with van der Waals surface area (Å²) in [7, 11) is 0. The third-order valence-electron chi connectivity index (χ3n) is 7.49. The monoisotopic (exact) mass is 631 g/mol. The van der Waals surface area contributed by atoms with Crippen LogP contribution in [0.5, 0.6) is 0 Å². The van der Waals surface area contributed by atoms with Gasteiger partial charge in [-0.25, -0.2) is 0 Å². The number of aromatic amines is 1. The lowest BCUT2D eigenvalue weighted by molar-refractivity contribution is -0.387. The van der Waals surface area contributed by atoms with Gasteiger partial charge in [0, 0.05) is 17.0 Å².